The summed E-state index contributed by atoms with van der Waals surface area (Å²) >= 11 is 0. The quantitative estimate of drug-likeness (QED) is 0.645. The van der Waals surface area contributed by atoms with Gasteiger partial charge in [0.05, 0.1) is 35.1 Å². The molecule has 2 aliphatic rings. The van der Waals surface area contributed by atoms with Crippen LogP contribution in [0.2, 0.25) is 0 Å². The zero-order chi connectivity index (χ0) is 22.6. The Hall–Kier alpha value is -2.72. The first-order chi connectivity index (χ1) is 15.2. The summed E-state index contributed by atoms with van der Waals surface area (Å²) in [4.78, 5) is 17.1. The molecule has 2 atom stereocenters. The second-order valence-corrected chi connectivity index (χ2v) is 10.8. The Kier molecular flexibility index (Phi) is 5.09. The molecule has 1 aromatic carbocycles. The fourth-order valence-electron chi connectivity index (χ4n) is 5.02. The Morgan fingerprint density at radius 3 is 2.69 bits per heavy atom. The molecule has 170 valence electrons. The normalized spacial score (nSPS) is 22.5. The number of rotatable bonds is 4. The number of imidazole rings is 1. The molecule has 9 nitrogen and oxygen atoms in total. The van der Waals surface area contributed by atoms with Crippen LogP contribution in [0.1, 0.15) is 55.0 Å². The highest BCUT2D eigenvalue weighted by Gasteiger charge is 2.34. The summed E-state index contributed by atoms with van der Waals surface area (Å²) < 4.78 is 33.2. The molecule has 2 aliphatic heterocycles. The van der Waals surface area contributed by atoms with Gasteiger partial charge in [-0.2, -0.15) is 0 Å². The number of hydrogen-bond donors (Lipinski definition) is 1. The van der Waals surface area contributed by atoms with E-state index in [2.05, 4.69) is 15.0 Å². The van der Waals surface area contributed by atoms with Crippen LogP contribution in [-0.4, -0.2) is 52.7 Å². The number of sulfonamides is 1. The molecule has 0 saturated carbocycles. The molecule has 2 saturated heterocycles. The van der Waals surface area contributed by atoms with E-state index in [1.54, 1.807) is 0 Å². The third-order valence-corrected chi connectivity index (χ3v) is 7.81. The smallest absolute Gasteiger partial charge is 0.220 e. The summed E-state index contributed by atoms with van der Waals surface area (Å²) in [5.74, 6) is 1.57. The van der Waals surface area contributed by atoms with Crippen LogP contribution in [0.15, 0.2) is 22.7 Å². The molecule has 1 amide bonds. The Labute approximate surface area is 186 Å². The van der Waals surface area contributed by atoms with Gasteiger partial charge in [-0.25, -0.2) is 17.7 Å². The van der Waals surface area contributed by atoms with Crippen molar-refractivity contribution >= 4 is 27.0 Å². The topological polar surface area (TPSA) is 110 Å². The van der Waals surface area contributed by atoms with Gasteiger partial charge in [0.2, 0.25) is 15.9 Å². The van der Waals surface area contributed by atoms with Crippen LogP contribution >= 0.6 is 0 Å². The van der Waals surface area contributed by atoms with Crippen molar-refractivity contribution in [3.8, 4) is 11.1 Å². The number of fused-ring (bicyclic) bond motifs is 1. The van der Waals surface area contributed by atoms with E-state index in [9.17, 15) is 13.2 Å². The molecule has 32 heavy (non-hydrogen) atoms. The molecule has 2 fully saturated rings. The third-order valence-electron chi connectivity index (χ3n) is 6.54. The molecule has 2 aromatic heterocycles. The zero-order valence-electron chi connectivity index (χ0n) is 18.5. The summed E-state index contributed by atoms with van der Waals surface area (Å²) in [6.07, 6.45) is 4.11. The lowest BCUT2D eigenvalue weighted by Crippen LogP contribution is -2.35. The number of carbonyl (C=O) groups excluding carboxylic acids is 1. The second-order valence-electron chi connectivity index (χ2n) is 8.82. The molecular weight excluding hydrogens is 430 g/mol. The molecule has 1 N–H and O–H groups in total. The number of nitrogens with zero attached hydrogens (tertiary/aromatic N) is 4. The lowest BCUT2D eigenvalue weighted by molar-refractivity contribution is -0.123. The number of nitrogens with one attached hydrogen (secondary N) is 1. The molecule has 0 bridgehead atoms. The fourth-order valence-corrected chi connectivity index (χ4v) is 5.90. The van der Waals surface area contributed by atoms with Crippen molar-refractivity contribution in [3.05, 3.63) is 35.5 Å². The number of aromatic nitrogens is 3. The average Bonchev–Trinajstić information content (AvgIpc) is 3.44. The largest absolute Gasteiger partial charge is 0.361 e. The van der Waals surface area contributed by atoms with E-state index in [0.717, 1.165) is 52.3 Å². The standard InChI is InChI=1S/C22H27N5O4S/c1-13-21(14(2)31-25-13)15-7-8-19-18(11-15)24-22(17-5-4-6-20(28)23-17)27(19)16-9-10-26(12-16)32(3,29)30/h7-8,11,16-17H,4-6,9-10,12H2,1-3H3,(H,23,28)/t16-,17+/m1/s1. The Morgan fingerprint density at radius 2 is 2.03 bits per heavy atom. The van der Waals surface area contributed by atoms with Crippen LogP contribution in [0.25, 0.3) is 22.2 Å². The van der Waals surface area contributed by atoms with Crippen molar-refractivity contribution in [3.63, 3.8) is 0 Å². The van der Waals surface area contributed by atoms with Gasteiger partial charge in [-0.05, 0) is 50.8 Å². The third kappa shape index (κ3) is 3.61. The summed E-state index contributed by atoms with van der Waals surface area (Å²) in [7, 11) is -3.26. The van der Waals surface area contributed by atoms with Gasteiger partial charge in [0, 0.05) is 25.1 Å². The first kappa shape index (κ1) is 21.1. The monoisotopic (exact) mass is 457 g/mol. The van der Waals surface area contributed by atoms with Crippen molar-refractivity contribution in [2.24, 2.45) is 0 Å². The van der Waals surface area contributed by atoms with Gasteiger partial charge in [-0.3, -0.25) is 4.79 Å². The number of piperidine rings is 1. The summed E-state index contributed by atoms with van der Waals surface area (Å²) in [6.45, 7) is 4.69. The maximum Gasteiger partial charge on any atom is 0.220 e. The van der Waals surface area contributed by atoms with Crippen molar-refractivity contribution in [2.45, 2.75) is 51.6 Å². The molecule has 0 aliphatic carbocycles. The highest BCUT2D eigenvalue weighted by atomic mass is 32.2. The van der Waals surface area contributed by atoms with E-state index in [4.69, 9.17) is 9.51 Å². The highest BCUT2D eigenvalue weighted by molar-refractivity contribution is 7.88. The Morgan fingerprint density at radius 1 is 1.22 bits per heavy atom. The molecule has 3 aromatic rings. The minimum absolute atomic E-state index is 0.0282. The van der Waals surface area contributed by atoms with Gasteiger partial charge < -0.3 is 14.4 Å². The van der Waals surface area contributed by atoms with Crippen LogP contribution in [0.4, 0.5) is 0 Å². The predicted molar refractivity (Wildman–Crippen MR) is 120 cm³/mol. The summed E-state index contributed by atoms with van der Waals surface area (Å²) in [5, 5.41) is 7.14. The molecule has 0 radical (unpaired) electrons. The van der Waals surface area contributed by atoms with Gasteiger partial charge in [-0.1, -0.05) is 11.2 Å². The van der Waals surface area contributed by atoms with Crippen molar-refractivity contribution in [2.75, 3.05) is 19.3 Å². The number of aryl methyl sites for hydroxylation is 2. The van der Waals surface area contributed by atoms with Crippen molar-refractivity contribution in [1.29, 1.82) is 0 Å². The van der Waals surface area contributed by atoms with E-state index < -0.39 is 10.0 Å². The van der Waals surface area contributed by atoms with Gasteiger partial charge in [0.25, 0.3) is 0 Å². The number of hydrogen-bond acceptors (Lipinski definition) is 6. The lowest BCUT2D eigenvalue weighted by atomic mass is 10.0. The minimum atomic E-state index is -3.26. The van der Waals surface area contributed by atoms with Crippen molar-refractivity contribution < 1.29 is 17.7 Å². The Balaban J connectivity index is 1.63. The Bertz CT molecular complexity index is 1290. The van der Waals surface area contributed by atoms with Crippen LogP contribution in [0.5, 0.6) is 0 Å². The van der Waals surface area contributed by atoms with Crippen molar-refractivity contribution in [1.82, 2.24) is 24.3 Å². The van der Waals surface area contributed by atoms with Crippen LogP contribution in [-0.2, 0) is 14.8 Å². The van der Waals surface area contributed by atoms with Crippen LogP contribution in [0.3, 0.4) is 0 Å². The van der Waals surface area contributed by atoms with E-state index in [-0.39, 0.29) is 18.0 Å². The van der Waals surface area contributed by atoms with E-state index in [1.807, 2.05) is 32.0 Å². The zero-order valence-corrected chi connectivity index (χ0v) is 19.3. The molecule has 0 unspecified atom stereocenters. The fraction of sp³-hybridized carbons (Fsp3) is 0.500. The molecule has 10 heteroatoms. The molecule has 4 heterocycles. The van der Waals surface area contributed by atoms with Gasteiger partial charge in [-0.15, -0.1) is 0 Å². The SMILES string of the molecule is Cc1noc(C)c1-c1ccc2c(c1)nc([C@@H]1CCCC(=O)N1)n2[C@@H]1CCN(S(C)(=O)=O)C1. The molecule has 5 rings (SSSR count). The first-order valence-electron chi connectivity index (χ1n) is 10.9. The number of amides is 1. The van der Waals surface area contributed by atoms with E-state index in [0.29, 0.717) is 25.9 Å². The van der Waals surface area contributed by atoms with Gasteiger partial charge in [0.15, 0.2) is 0 Å². The minimum Gasteiger partial charge on any atom is -0.361 e. The highest BCUT2D eigenvalue weighted by Crippen LogP contribution is 2.36. The van der Waals surface area contributed by atoms with E-state index >= 15 is 0 Å². The first-order valence-corrected chi connectivity index (χ1v) is 12.8. The predicted octanol–water partition coefficient (Wildman–Crippen LogP) is 2.86. The number of benzene rings is 1. The van der Waals surface area contributed by atoms with Crippen LogP contribution < -0.4 is 5.32 Å². The second kappa shape index (κ2) is 7.70. The van der Waals surface area contributed by atoms with Crippen LogP contribution in [0, 0.1) is 13.8 Å². The summed E-state index contributed by atoms with van der Waals surface area (Å²) in [5.41, 5.74) is 4.51. The maximum atomic E-state index is 12.1. The molecular formula is C22H27N5O4S. The maximum absolute atomic E-state index is 12.1. The van der Waals surface area contributed by atoms with E-state index in [1.165, 1.54) is 10.6 Å². The van der Waals surface area contributed by atoms with Gasteiger partial charge in [0.1, 0.15) is 11.6 Å². The molecule has 0 spiro atoms. The lowest BCUT2D eigenvalue weighted by Gasteiger charge is -2.26. The average molecular weight is 458 g/mol. The summed E-state index contributed by atoms with van der Waals surface area (Å²) in [6, 6.07) is 5.86. The number of carbonyl (C=O) groups is 1. The van der Waals surface area contributed by atoms with Gasteiger partial charge >= 0.3 is 0 Å².